The van der Waals surface area contributed by atoms with Crippen molar-refractivity contribution in [3.63, 3.8) is 0 Å². The maximum atomic E-state index is 13.7. The number of hydrogen-bond donors (Lipinski definition) is 2. The molecule has 26 heavy (non-hydrogen) atoms. The number of halogens is 1. The molecule has 0 bridgehead atoms. The van der Waals surface area contributed by atoms with Crippen LogP contribution in [0, 0.1) is 5.82 Å². The van der Waals surface area contributed by atoms with Crippen LogP contribution in [-0.2, 0) is 14.3 Å². The van der Waals surface area contributed by atoms with Gasteiger partial charge in [0.25, 0.3) is 5.91 Å². The van der Waals surface area contributed by atoms with E-state index in [9.17, 15) is 18.8 Å². The number of carbonyl (C=O) groups is 3. The number of nitrogens with one attached hydrogen (secondary N) is 2. The highest BCUT2D eigenvalue weighted by Gasteiger charge is 2.14. The second-order valence-electron chi connectivity index (χ2n) is 5.33. The van der Waals surface area contributed by atoms with Gasteiger partial charge in [-0.1, -0.05) is 24.3 Å². The fourth-order valence-corrected chi connectivity index (χ4v) is 2.20. The van der Waals surface area contributed by atoms with Gasteiger partial charge >= 0.3 is 5.97 Å². The van der Waals surface area contributed by atoms with Gasteiger partial charge in [0, 0.05) is 6.42 Å². The molecule has 0 atom stereocenters. The van der Waals surface area contributed by atoms with Gasteiger partial charge in [-0.05, 0) is 31.2 Å². The molecule has 0 aliphatic rings. The van der Waals surface area contributed by atoms with E-state index in [1.807, 2.05) is 0 Å². The summed E-state index contributed by atoms with van der Waals surface area (Å²) in [6.45, 7) is 1.94. The quantitative estimate of drug-likeness (QED) is 0.743. The van der Waals surface area contributed by atoms with E-state index in [1.54, 1.807) is 37.3 Å². The predicted octanol–water partition coefficient (Wildman–Crippen LogP) is 3.36. The molecule has 2 aromatic rings. The Hall–Kier alpha value is -3.22. The van der Waals surface area contributed by atoms with Crippen molar-refractivity contribution in [1.29, 1.82) is 0 Å². The minimum absolute atomic E-state index is 0.0383. The molecule has 0 unspecified atom stereocenters. The first kappa shape index (κ1) is 19.1. The lowest BCUT2D eigenvalue weighted by atomic mass is 10.2. The minimum atomic E-state index is -0.638. The normalized spacial score (nSPS) is 10.1. The van der Waals surface area contributed by atoms with Gasteiger partial charge in [0.2, 0.25) is 5.91 Å². The Morgan fingerprint density at radius 2 is 1.54 bits per heavy atom. The molecule has 0 saturated carbocycles. The van der Waals surface area contributed by atoms with Crippen LogP contribution in [-0.4, -0.2) is 24.4 Å². The summed E-state index contributed by atoms with van der Waals surface area (Å²) in [4.78, 5) is 35.5. The summed E-state index contributed by atoms with van der Waals surface area (Å²) in [7, 11) is 0. The van der Waals surface area contributed by atoms with E-state index in [0.717, 1.165) is 0 Å². The number of hydrogen-bond acceptors (Lipinski definition) is 4. The molecule has 0 saturated heterocycles. The van der Waals surface area contributed by atoms with Crippen molar-refractivity contribution in [3.05, 3.63) is 59.9 Å². The van der Waals surface area contributed by atoms with E-state index < -0.39 is 23.6 Å². The van der Waals surface area contributed by atoms with Crippen molar-refractivity contribution in [3.8, 4) is 0 Å². The fourth-order valence-electron chi connectivity index (χ4n) is 2.20. The molecule has 7 heteroatoms. The Labute approximate surface area is 150 Å². The van der Waals surface area contributed by atoms with E-state index >= 15 is 0 Å². The number of ether oxygens (including phenoxy) is 1. The summed E-state index contributed by atoms with van der Waals surface area (Å²) in [5.41, 5.74) is 0.576. The van der Waals surface area contributed by atoms with E-state index in [0.29, 0.717) is 11.4 Å². The van der Waals surface area contributed by atoms with E-state index in [-0.39, 0.29) is 25.0 Å². The van der Waals surface area contributed by atoms with Gasteiger partial charge in [-0.2, -0.15) is 0 Å². The fraction of sp³-hybridized carbons (Fsp3) is 0.211. The Morgan fingerprint density at radius 1 is 0.923 bits per heavy atom. The highest BCUT2D eigenvalue weighted by molar-refractivity contribution is 6.07. The first-order valence-electron chi connectivity index (χ1n) is 8.11. The molecule has 2 amide bonds. The smallest absolute Gasteiger partial charge is 0.306 e. The predicted molar refractivity (Wildman–Crippen MR) is 95.3 cm³/mol. The third-order valence-electron chi connectivity index (χ3n) is 3.43. The maximum Gasteiger partial charge on any atom is 0.306 e. The molecule has 0 aromatic heterocycles. The monoisotopic (exact) mass is 358 g/mol. The first-order chi connectivity index (χ1) is 12.5. The zero-order valence-electron chi connectivity index (χ0n) is 14.3. The van der Waals surface area contributed by atoms with Crippen LogP contribution in [0.2, 0.25) is 0 Å². The molecule has 0 aliphatic heterocycles. The van der Waals surface area contributed by atoms with E-state index in [2.05, 4.69) is 10.6 Å². The Balaban J connectivity index is 2.03. The Morgan fingerprint density at radius 3 is 2.19 bits per heavy atom. The number of carbonyl (C=O) groups excluding carboxylic acids is 3. The largest absolute Gasteiger partial charge is 0.466 e. The lowest BCUT2D eigenvalue weighted by molar-refractivity contribution is -0.144. The number of benzene rings is 2. The zero-order chi connectivity index (χ0) is 18.9. The van der Waals surface area contributed by atoms with Crippen molar-refractivity contribution in [2.24, 2.45) is 0 Å². The number of amides is 2. The number of esters is 1. The summed E-state index contributed by atoms with van der Waals surface area (Å²) in [5, 5.41) is 5.20. The van der Waals surface area contributed by atoms with Crippen molar-refractivity contribution in [1.82, 2.24) is 0 Å². The van der Waals surface area contributed by atoms with Gasteiger partial charge < -0.3 is 15.4 Å². The molecule has 0 aliphatic carbocycles. The van der Waals surface area contributed by atoms with Gasteiger partial charge in [0.15, 0.2) is 0 Å². The third-order valence-corrected chi connectivity index (χ3v) is 3.43. The van der Waals surface area contributed by atoms with E-state index in [4.69, 9.17) is 4.74 Å². The van der Waals surface area contributed by atoms with Gasteiger partial charge in [-0.15, -0.1) is 0 Å². The molecule has 0 fully saturated rings. The van der Waals surface area contributed by atoms with Crippen molar-refractivity contribution in [2.75, 3.05) is 17.2 Å². The lowest BCUT2D eigenvalue weighted by Crippen LogP contribution is -2.18. The second-order valence-corrected chi connectivity index (χ2v) is 5.33. The van der Waals surface area contributed by atoms with Crippen LogP contribution in [0.25, 0.3) is 0 Å². The maximum absolute atomic E-state index is 13.7. The van der Waals surface area contributed by atoms with Crippen molar-refractivity contribution in [2.45, 2.75) is 19.8 Å². The van der Waals surface area contributed by atoms with Crippen LogP contribution >= 0.6 is 0 Å². The van der Waals surface area contributed by atoms with Gasteiger partial charge in [-0.3, -0.25) is 14.4 Å². The minimum Gasteiger partial charge on any atom is -0.466 e. The SMILES string of the molecule is CCOC(=O)CCC(=O)Nc1ccccc1NC(=O)c1ccccc1F. The number of rotatable bonds is 7. The summed E-state index contributed by atoms with van der Waals surface area (Å²) < 4.78 is 18.5. The van der Waals surface area contributed by atoms with Gasteiger partial charge in [0.05, 0.1) is 30.0 Å². The topological polar surface area (TPSA) is 84.5 Å². The molecule has 6 nitrogen and oxygen atoms in total. The van der Waals surface area contributed by atoms with Crippen LogP contribution in [0.4, 0.5) is 15.8 Å². The summed E-state index contributed by atoms with van der Waals surface area (Å²) in [6.07, 6.45) is -0.0855. The average molecular weight is 358 g/mol. The third kappa shape index (κ3) is 5.41. The van der Waals surface area contributed by atoms with Crippen molar-refractivity contribution >= 4 is 29.2 Å². The molecule has 2 rings (SSSR count). The molecule has 2 N–H and O–H groups in total. The van der Waals surface area contributed by atoms with Crippen LogP contribution in [0.1, 0.15) is 30.1 Å². The van der Waals surface area contributed by atoms with Gasteiger partial charge in [-0.25, -0.2) is 4.39 Å². The number of anilines is 2. The van der Waals surface area contributed by atoms with Crippen LogP contribution in [0.15, 0.2) is 48.5 Å². The molecular weight excluding hydrogens is 339 g/mol. The van der Waals surface area contributed by atoms with Crippen molar-refractivity contribution < 1.29 is 23.5 Å². The standard InChI is InChI=1S/C19H19FN2O4/c1-2-26-18(24)12-11-17(23)21-15-9-5-6-10-16(15)22-19(25)13-7-3-4-8-14(13)20/h3-10H,2,11-12H2,1H3,(H,21,23)(H,22,25). The first-order valence-corrected chi connectivity index (χ1v) is 8.11. The highest BCUT2D eigenvalue weighted by Crippen LogP contribution is 2.22. The summed E-state index contributed by atoms with van der Waals surface area (Å²) in [5.74, 6) is -2.12. The summed E-state index contributed by atoms with van der Waals surface area (Å²) in [6, 6.07) is 12.1. The summed E-state index contributed by atoms with van der Waals surface area (Å²) >= 11 is 0. The highest BCUT2D eigenvalue weighted by atomic mass is 19.1. The number of para-hydroxylation sites is 2. The molecule has 0 spiro atoms. The molecule has 0 radical (unpaired) electrons. The molecule has 0 heterocycles. The van der Waals surface area contributed by atoms with Crippen LogP contribution in [0.5, 0.6) is 0 Å². The van der Waals surface area contributed by atoms with E-state index in [1.165, 1.54) is 18.2 Å². The van der Waals surface area contributed by atoms with Crippen LogP contribution < -0.4 is 10.6 Å². The lowest BCUT2D eigenvalue weighted by Gasteiger charge is -2.12. The second kappa shape index (κ2) is 9.31. The molecule has 2 aromatic carbocycles. The molecule has 136 valence electrons. The van der Waals surface area contributed by atoms with Crippen LogP contribution in [0.3, 0.4) is 0 Å². The Kier molecular flexibility index (Phi) is 6.84. The Bertz CT molecular complexity index is 808. The van der Waals surface area contributed by atoms with Gasteiger partial charge in [0.1, 0.15) is 5.82 Å². The molecular formula is C19H19FN2O4. The zero-order valence-corrected chi connectivity index (χ0v) is 14.3. The average Bonchev–Trinajstić information content (AvgIpc) is 2.62.